The zero-order chi connectivity index (χ0) is 21.0. The number of hydrogen-bond donors (Lipinski definition) is 0. The number of rotatable bonds is 15. The van der Waals surface area contributed by atoms with Crippen molar-refractivity contribution in [3.05, 3.63) is 24.3 Å². The summed E-state index contributed by atoms with van der Waals surface area (Å²) in [6, 6.07) is 0. The smallest absolute Gasteiger partial charge is 0.304 e. The van der Waals surface area contributed by atoms with E-state index < -0.39 is 12.2 Å². The Morgan fingerprint density at radius 1 is 0.714 bits per heavy atom. The molecule has 0 N–H and O–H groups in total. The van der Waals surface area contributed by atoms with E-state index in [-0.39, 0.29) is 11.9 Å². The first kappa shape index (κ1) is 25.5. The molecule has 154 valence electrons. The molecule has 0 spiro atoms. The maximum Gasteiger partial charge on any atom is 0.304 e. The van der Waals surface area contributed by atoms with Crippen LogP contribution in [0, 0.1) is 24.7 Å². The van der Waals surface area contributed by atoms with Gasteiger partial charge in [-0.3, -0.25) is 9.59 Å². The Morgan fingerprint density at radius 3 is 1.32 bits per heavy atom. The van der Waals surface area contributed by atoms with Gasteiger partial charge in [0.25, 0.3) is 0 Å². The minimum absolute atomic E-state index is 0.359. The van der Waals surface area contributed by atoms with Crippen LogP contribution in [0.15, 0.2) is 24.3 Å². The topological polar surface area (TPSA) is 52.6 Å². The van der Waals surface area contributed by atoms with E-state index in [1.165, 1.54) is 52.4 Å². The van der Waals surface area contributed by atoms with Crippen molar-refractivity contribution < 1.29 is 19.1 Å². The fourth-order valence-corrected chi connectivity index (χ4v) is 2.64. The lowest BCUT2D eigenvalue weighted by Crippen LogP contribution is -2.10. The van der Waals surface area contributed by atoms with Crippen LogP contribution in [0.4, 0.5) is 0 Å². The minimum Gasteiger partial charge on any atom is -0.445 e. The molecule has 0 saturated carbocycles. The number of carbonyl (C=O) groups excluding carboxylic acids is 2. The average molecular weight is 387 g/mol. The van der Waals surface area contributed by atoms with Gasteiger partial charge in [-0.2, -0.15) is 0 Å². The van der Waals surface area contributed by atoms with Crippen LogP contribution >= 0.6 is 0 Å². The quantitative estimate of drug-likeness (QED) is 0.169. The Hall–Kier alpha value is -2.46. The second-order valence-electron chi connectivity index (χ2n) is 6.66. The first-order valence-electron chi connectivity index (χ1n) is 10.1. The molecular formula is C24H34O4. The summed E-state index contributed by atoms with van der Waals surface area (Å²) in [5, 5.41) is 0. The number of unbranched alkanes of at least 4 members (excludes halogenated alkanes) is 9. The predicted octanol–water partition coefficient (Wildman–Crippen LogP) is 5.13. The molecule has 0 bridgehead atoms. The highest BCUT2D eigenvalue weighted by atomic mass is 16.5. The van der Waals surface area contributed by atoms with Gasteiger partial charge in [0.2, 0.25) is 0 Å². The molecular weight excluding hydrogens is 352 g/mol. The molecule has 4 nitrogen and oxygen atoms in total. The zero-order valence-electron chi connectivity index (χ0n) is 17.3. The molecule has 0 saturated heterocycles. The number of allylic oxidation sites excluding steroid dienone is 2. The Bertz CT molecular complexity index is 522. The van der Waals surface area contributed by atoms with Crippen LogP contribution in [0.3, 0.4) is 0 Å². The van der Waals surface area contributed by atoms with Crippen molar-refractivity contribution in [1.82, 2.24) is 0 Å². The maximum atomic E-state index is 10.8. The average Bonchev–Trinajstić information content (AvgIpc) is 2.65. The lowest BCUT2D eigenvalue weighted by Gasteiger charge is -2.05. The third kappa shape index (κ3) is 17.0. The van der Waals surface area contributed by atoms with Crippen LogP contribution in [0.1, 0.15) is 78.1 Å². The van der Waals surface area contributed by atoms with Crippen molar-refractivity contribution in [1.29, 1.82) is 0 Å². The highest BCUT2D eigenvalue weighted by Crippen LogP contribution is 2.11. The van der Waals surface area contributed by atoms with E-state index >= 15 is 0 Å². The number of carbonyl (C=O) groups is 2. The number of hydrogen-bond acceptors (Lipinski definition) is 4. The van der Waals surface area contributed by atoms with Crippen molar-refractivity contribution in [2.75, 3.05) is 0 Å². The van der Waals surface area contributed by atoms with Gasteiger partial charge in [0.1, 0.15) is 0 Å². The van der Waals surface area contributed by atoms with Gasteiger partial charge >= 0.3 is 11.9 Å². The molecule has 0 aromatic heterocycles. The van der Waals surface area contributed by atoms with Gasteiger partial charge < -0.3 is 9.47 Å². The second kappa shape index (κ2) is 17.9. The van der Waals surface area contributed by atoms with E-state index in [0.29, 0.717) is 0 Å². The highest BCUT2D eigenvalue weighted by Gasteiger charge is 2.03. The van der Waals surface area contributed by atoms with Crippen LogP contribution in [-0.4, -0.2) is 24.1 Å². The van der Waals surface area contributed by atoms with Crippen molar-refractivity contribution in [2.24, 2.45) is 0 Å². The van der Waals surface area contributed by atoms with E-state index in [2.05, 4.69) is 11.8 Å². The third-order valence-electron chi connectivity index (χ3n) is 4.03. The van der Waals surface area contributed by atoms with E-state index in [1.807, 2.05) is 12.2 Å². The fraction of sp³-hybridized carbons (Fsp3) is 0.583. The Kier molecular flexibility index (Phi) is 16.4. The normalized spacial score (nSPS) is 13.0. The highest BCUT2D eigenvalue weighted by molar-refractivity contribution is 5.67. The molecule has 0 unspecified atom stereocenters. The maximum absolute atomic E-state index is 10.8. The summed E-state index contributed by atoms with van der Waals surface area (Å²) in [4.78, 5) is 21.7. The monoisotopic (exact) mass is 386 g/mol. The summed E-state index contributed by atoms with van der Waals surface area (Å²) >= 11 is 0. The van der Waals surface area contributed by atoms with Crippen LogP contribution in [0.25, 0.3) is 0 Å². The van der Waals surface area contributed by atoms with E-state index in [4.69, 9.17) is 22.3 Å². The van der Waals surface area contributed by atoms with Crippen molar-refractivity contribution in [3.8, 4) is 24.7 Å². The second-order valence-corrected chi connectivity index (χ2v) is 6.66. The number of ether oxygens (including phenoxy) is 2. The van der Waals surface area contributed by atoms with Gasteiger partial charge in [0.15, 0.2) is 12.2 Å². The van der Waals surface area contributed by atoms with Crippen molar-refractivity contribution in [2.45, 2.75) is 90.3 Å². The third-order valence-corrected chi connectivity index (χ3v) is 4.03. The molecule has 0 fully saturated rings. The molecule has 0 rings (SSSR count). The van der Waals surface area contributed by atoms with E-state index in [0.717, 1.165) is 25.7 Å². The summed E-state index contributed by atoms with van der Waals surface area (Å²) in [6.07, 6.45) is 28.6. The number of terminal acetylenes is 2. The van der Waals surface area contributed by atoms with Gasteiger partial charge in [0.05, 0.1) is 0 Å². The SMILES string of the molecule is C#C[C@@H](/C=C/CCCCCCCCCC/C=C/[C@H](C#C)OC(C)=O)OC(C)=O. The molecule has 0 aromatic rings. The van der Waals surface area contributed by atoms with E-state index in [1.54, 1.807) is 12.2 Å². The Morgan fingerprint density at radius 2 is 1.04 bits per heavy atom. The number of esters is 2. The first-order chi connectivity index (χ1) is 13.5. The van der Waals surface area contributed by atoms with Crippen LogP contribution in [-0.2, 0) is 19.1 Å². The molecule has 0 heterocycles. The van der Waals surface area contributed by atoms with Crippen molar-refractivity contribution in [3.63, 3.8) is 0 Å². The minimum atomic E-state index is -0.550. The summed E-state index contributed by atoms with van der Waals surface area (Å²) < 4.78 is 9.89. The van der Waals surface area contributed by atoms with Gasteiger partial charge in [0, 0.05) is 13.8 Å². The summed E-state index contributed by atoms with van der Waals surface area (Å²) in [6.45, 7) is 2.71. The van der Waals surface area contributed by atoms with Crippen LogP contribution in [0.5, 0.6) is 0 Å². The van der Waals surface area contributed by atoms with E-state index in [9.17, 15) is 9.59 Å². The van der Waals surface area contributed by atoms with Crippen LogP contribution in [0.2, 0.25) is 0 Å². The predicted molar refractivity (Wildman–Crippen MR) is 113 cm³/mol. The molecule has 0 aliphatic heterocycles. The molecule has 0 aliphatic rings. The van der Waals surface area contributed by atoms with Crippen molar-refractivity contribution >= 4 is 11.9 Å². The standard InChI is InChI=1S/C24H34O4/c1-5-23(27-21(3)25)19-17-15-13-11-9-7-8-10-12-14-16-18-20-24(6-2)28-22(4)26/h1-2,17-20,23-24H,7-16H2,3-4H3/b19-17+,20-18+/t23-,24-/m0/s1. The fourth-order valence-electron chi connectivity index (χ4n) is 2.64. The largest absolute Gasteiger partial charge is 0.445 e. The first-order valence-corrected chi connectivity index (χ1v) is 10.1. The lowest BCUT2D eigenvalue weighted by atomic mass is 10.1. The zero-order valence-corrected chi connectivity index (χ0v) is 17.3. The Labute approximate surface area is 170 Å². The molecule has 0 aliphatic carbocycles. The molecule has 4 heteroatoms. The van der Waals surface area contributed by atoms with Crippen LogP contribution < -0.4 is 0 Å². The summed E-state index contributed by atoms with van der Waals surface area (Å²) in [7, 11) is 0. The molecule has 0 radical (unpaired) electrons. The molecule has 0 aromatic carbocycles. The molecule has 28 heavy (non-hydrogen) atoms. The van der Waals surface area contributed by atoms with Gasteiger partial charge in [-0.15, -0.1) is 12.8 Å². The molecule has 2 atom stereocenters. The lowest BCUT2D eigenvalue weighted by molar-refractivity contribution is -0.143. The molecule has 0 amide bonds. The van der Waals surface area contributed by atoms with Gasteiger partial charge in [-0.1, -0.05) is 62.5 Å². The van der Waals surface area contributed by atoms with Gasteiger partial charge in [-0.05, 0) is 37.8 Å². The Balaban J connectivity index is 3.51. The summed E-state index contributed by atoms with van der Waals surface area (Å²) in [5.74, 6) is 4.14. The van der Waals surface area contributed by atoms with Gasteiger partial charge in [-0.25, -0.2) is 0 Å². The summed E-state index contributed by atoms with van der Waals surface area (Å²) in [5.41, 5.74) is 0.